The summed E-state index contributed by atoms with van der Waals surface area (Å²) in [6.07, 6.45) is 3.50. The summed E-state index contributed by atoms with van der Waals surface area (Å²) in [4.78, 5) is 11.8. The highest BCUT2D eigenvalue weighted by Gasteiger charge is 2.14. The van der Waals surface area contributed by atoms with E-state index in [-0.39, 0.29) is 18.3 Å². The predicted octanol–water partition coefficient (Wildman–Crippen LogP) is 2.44. The van der Waals surface area contributed by atoms with Crippen LogP contribution in [0.25, 0.3) is 0 Å². The molecule has 0 aliphatic carbocycles. The molecule has 1 unspecified atom stereocenters. The molecule has 0 spiro atoms. The van der Waals surface area contributed by atoms with Crippen molar-refractivity contribution >= 4 is 18.3 Å². The molecule has 21 heavy (non-hydrogen) atoms. The lowest BCUT2D eigenvalue weighted by Gasteiger charge is -2.23. The number of benzene rings is 1. The van der Waals surface area contributed by atoms with Gasteiger partial charge in [0.1, 0.15) is 5.75 Å². The summed E-state index contributed by atoms with van der Waals surface area (Å²) in [5, 5.41) is 6.37. The zero-order chi connectivity index (χ0) is 14.2. The number of piperidine rings is 1. The normalized spacial score (nSPS) is 17.7. The minimum Gasteiger partial charge on any atom is -0.493 e. The van der Waals surface area contributed by atoms with E-state index in [1.54, 1.807) is 0 Å². The highest BCUT2D eigenvalue weighted by molar-refractivity contribution is 5.85. The van der Waals surface area contributed by atoms with Crippen LogP contribution in [0.4, 0.5) is 0 Å². The minimum absolute atomic E-state index is 0. The number of hydrogen-bond donors (Lipinski definition) is 2. The first kappa shape index (κ1) is 17.8. The number of amides is 1. The quantitative estimate of drug-likeness (QED) is 0.793. The lowest BCUT2D eigenvalue weighted by atomic mass is 10.1. The zero-order valence-corrected chi connectivity index (χ0v) is 13.4. The van der Waals surface area contributed by atoms with Crippen LogP contribution < -0.4 is 15.4 Å². The van der Waals surface area contributed by atoms with Crippen molar-refractivity contribution in [1.29, 1.82) is 0 Å². The molecule has 1 fully saturated rings. The highest BCUT2D eigenvalue weighted by Crippen LogP contribution is 2.16. The number of carbonyl (C=O) groups is 1. The maximum atomic E-state index is 11.8. The van der Waals surface area contributed by atoms with Crippen LogP contribution in [0.15, 0.2) is 24.3 Å². The molecule has 0 saturated carbocycles. The number of rotatable bonds is 6. The van der Waals surface area contributed by atoms with Crippen molar-refractivity contribution in [1.82, 2.24) is 10.6 Å². The van der Waals surface area contributed by atoms with Gasteiger partial charge in [0.15, 0.2) is 0 Å². The summed E-state index contributed by atoms with van der Waals surface area (Å²) in [5.74, 6) is 1.04. The number of carbonyl (C=O) groups excluding carboxylic acids is 1. The lowest BCUT2D eigenvalue weighted by molar-refractivity contribution is -0.122. The van der Waals surface area contributed by atoms with E-state index in [9.17, 15) is 4.79 Å². The van der Waals surface area contributed by atoms with E-state index in [1.807, 2.05) is 31.2 Å². The summed E-state index contributed by atoms with van der Waals surface area (Å²) in [6.45, 7) is 4.57. The first-order valence-corrected chi connectivity index (χ1v) is 7.44. The minimum atomic E-state index is 0. The number of aryl methyl sites for hydroxylation is 1. The van der Waals surface area contributed by atoms with E-state index in [0.717, 1.165) is 43.7 Å². The third-order valence-corrected chi connectivity index (χ3v) is 3.56. The highest BCUT2D eigenvalue weighted by atomic mass is 35.5. The Hall–Kier alpha value is -1.26. The SMILES string of the molecule is Cc1ccccc1OCCCC(=O)NC1CCCNC1.Cl. The summed E-state index contributed by atoms with van der Waals surface area (Å²) in [7, 11) is 0. The molecule has 0 aromatic heterocycles. The van der Waals surface area contributed by atoms with Crippen LogP contribution in [0.2, 0.25) is 0 Å². The number of nitrogens with one attached hydrogen (secondary N) is 2. The lowest BCUT2D eigenvalue weighted by Crippen LogP contribution is -2.45. The summed E-state index contributed by atoms with van der Waals surface area (Å²) in [6, 6.07) is 8.24. The van der Waals surface area contributed by atoms with E-state index in [0.29, 0.717) is 19.1 Å². The average molecular weight is 313 g/mol. The predicted molar refractivity (Wildman–Crippen MR) is 87.2 cm³/mol. The molecule has 1 amide bonds. The van der Waals surface area contributed by atoms with Crippen molar-refractivity contribution in [2.24, 2.45) is 0 Å². The average Bonchev–Trinajstić information content (AvgIpc) is 2.46. The van der Waals surface area contributed by atoms with Crippen molar-refractivity contribution in [2.45, 2.75) is 38.6 Å². The molecule has 1 saturated heterocycles. The second-order valence-electron chi connectivity index (χ2n) is 5.33. The Morgan fingerprint density at radius 3 is 2.95 bits per heavy atom. The smallest absolute Gasteiger partial charge is 0.220 e. The van der Waals surface area contributed by atoms with Crippen molar-refractivity contribution in [3.05, 3.63) is 29.8 Å². The fourth-order valence-corrected chi connectivity index (χ4v) is 2.41. The molecule has 0 bridgehead atoms. The maximum absolute atomic E-state index is 11.8. The molecule has 0 radical (unpaired) electrons. The molecule has 1 aliphatic heterocycles. The summed E-state index contributed by atoms with van der Waals surface area (Å²) in [5.41, 5.74) is 1.13. The van der Waals surface area contributed by atoms with Crippen molar-refractivity contribution in [2.75, 3.05) is 19.7 Å². The van der Waals surface area contributed by atoms with Gasteiger partial charge in [-0.3, -0.25) is 4.79 Å². The van der Waals surface area contributed by atoms with Gasteiger partial charge in [-0.2, -0.15) is 0 Å². The Kier molecular flexibility index (Phi) is 8.16. The second kappa shape index (κ2) is 9.64. The standard InChI is InChI=1S/C16H24N2O2.ClH/c1-13-6-2-3-8-15(13)20-11-5-9-16(19)18-14-7-4-10-17-12-14;/h2-3,6,8,14,17H,4-5,7,9-12H2,1H3,(H,18,19);1H. The molecule has 1 heterocycles. The molecule has 118 valence electrons. The molecule has 5 heteroatoms. The van der Waals surface area contributed by atoms with Crippen molar-refractivity contribution < 1.29 is 9.53 Å². The van der Waals surface area contributed by atoms with Crippen molar-refractivity contribution in [3.8, 4) is 5.75 Å². The van der Waals surface area contributed by atoms with Crippen LogP contribution in [0.5, 0.6) is 5.75 Å². The van der Waals surface area contributed by atoms with E-state index in [1.165, 1.54) is 0 Å². The van der Waals surface area contributed by atoms with Crippen LogP contribution in [-0.2, 0) is 4.79 Å². The van der Waals surface area contributed by atoms with Crippen LogP contribution >= 0.6 is 12.4 Å². The number of hydrogen-bond acceptors (Lipinski definition) is 3. The Bertz CT molecular complexity index is 434. The zero-order valence-electron chi connectivity index (χ0n) is 12.6. The molecular formula is C16H25ClN2O2. The van der Waals surface area contributed by atoms with Gasteiger partial charge in [0.2, 0.25) is 5.91 Å². The molecular weight excluding hydrogens is 288 g/mol. The molecule has 2 rings (SSSR count). The first-order chi connectivity index (χ1) is 9.75. The van der Waals surface area contributed by atoms with Crippen molar-refractivity contribution in [3.63, 3.8) is 0 Å². The van der Waals surface area contributed by atoms with Gasteiger partial charge in [-0.1, -0.05) is 18.2 Å². The van der Waals surface area contributed by atoms with E-state index < -0.39 is 0 Å². The van der Waals surface area contributed by atoms with E-state index in [2.05, 4.69) is 10.6 Å². The van der Waals surface area contributed by atoms with Crippen LogP contribution in [0.1, 0.15) is 31.2 Å². The fraction of sp³-hybridized carbons (Fsp3) is 0.562. The van der Waals surface area contributed by atoms with Gasteiger partial charge in [0.05, 0.1) is 6.61 Å². The van der Waals surface area contributed by atoms with Gasteiger partial charge in [0, 0.05) is 19.0 Å². The molecule has 1 aromatic carbocycles. The van der Waals surface area contributed by atoms with Crippen LogP contribution in [0, 0.1) is 6.92 Å². The molecule has 1 aliphatic rings. The van der Waals surface area contributed by atoms with Crippen LogP contribution in [-0.4, -0.2) is 31.6 Å². The van der Waals surface area contributed by atoms with Gasteiger partial charge in [0.25, 0.3) is 0 Å². The summed E-state index contributed by atoms with van der Waals surface area (Å²) >= 11 is 0. The van der Waals surface area contributed by atoms with Gasteiger partial charge in [-0.15, -0.1) is 12.4 Å². The fourth-order valence-electron chi connectivity index (χ4n) is 2.41. The maximum Gasteiger partial charge on any atom is 0.220 e. The first-order valence-electron chi connectivity index (χ1n) is 7.44. The topological polar surface area (TPSA) is 50.4 Å². The number of para-hydroxylation sites is 1. The molecule has 1 aromatic rings. The Morgan fingerprint density at radius 1 is 1.43 bits per heavy atom. The van der Waals surface area contributed by atoms with Gasteiger partial charge in [-0.05, 0) is 44.4 Å². The third kappa shape index (κ3) is 6.36. The van der Waals surface area contributed by atoms with E-state index >= 15 is 0 Å². The van der Waals surface area contributed by atoms with Gasteiger partial charge < -0.3 is 15.4 Å². The Morgan fingerprint density at radius 2 is 2.24 bits per heavy atom. The van der Waals surface area contributed by atoms with E-state index in [4.69, 9.17) is 4.74 Å². The second-order valence-corrected chi connectivity index (χ2v) is 5.33. The number of halogens is 1. The summed E-state index contributed by atoms with van der Waals surface area (Å²) < 4.78 is 5.68. The third-order valence-electron chi connectivity index (χ3n) is 3.56. The molecule has 4 nitrogen and oxygen atoms in total. The Balaban J connectivity index is 0.00000220. The molecule has 2 N–H and O–H groups in total. The van der Waals surface area contributed by atoms with Crippen LogP contribution in [0.3, 0.4) is 0 Å². The number of ether oxygens (including phenoxy) is 1. The molecule has 1 atom stereocenters. The van der Waals surface area contributed by atoms with Gasteiger partial charge >= 0.3 is 0 Å². The monoisotopic (exact) mass is 312 g/mol. The Labute approximate surface area is 133 Å². The van der Waals surface area contributed by atoms with Gasteiger partial charge in [-0.25, -0.2) is 0 Å². The largest absolute Gasteiger partial charge is 0.493 e.